The number of aliphatic hydroxyl groups is 2. The zero-order valence-electron chi connectivity index (χ0n) is 41.6. The molecule has 3 aliphatic rings. The van der Waals surface area contributed by atoms with Crippen LogP contribution in [0.3, 0.4) is 0 Å². The van der Waals surface area contributed by atoms with Crippen LogP contribution in [0.4, 0.5) is 5.69 Å². The number of carbonyl (C=O) groups excluding carboxylic acids is 1. The van der Waals surface area contributed by atoms with Crippen LogP contribution in [0.15, 0.2) is 156 Å². The Morgan fingerprint density at radius 1 is 0.944 bits per heavy atom. The molecule has 0 unspecified atom stereocenters. The molecule has 5 aromatic carbocycles. The lowest BCUT2D eigenvalue weighted by Gasteiger charge is -2.60. The van der Waals surface area contributed by atoms with E-state index in [1.165, 1.54) is 23.1 Å². The number of nitro benzene ring substituents is 1. The van der Waals surface area contributed by atoms with Gasteiger partial charge >= 0.3 is 0 Å². The van der Waals surface area contributed by atoms with Crippen molar-refractivity contribution in [3.63, 3.8) is 0 Å². The number of allylic oxidation sites excluding steroid dienone is 1. The van der Waals surface area contributed by atoms with Crippen LogP contribution >= 0.6 is 11.8 Å². The number of benzene rings is 5. The molecule has 0 radical (unpaired) electrons. The number of oxime groups is 1. The van der Waals surface area contributed by atoms with Gasteiger partial charge in [0.2, 0.25) is 11.7 Å². The zero-order valence-corrected chi connectivity index (χ0v) is 42.4. The second-order valence-electron chi connectivity index (χ2n) is 19.8. The third-order valence-electron chi connectivity index (χ3n) is 13.8. The Bertz CT molecular complexity index is 2750. The number of rotatable bonds is 23. The predicted molar refractivity (Wildman–Crippen MR) is 285 cm³/mol. The van der Waals surface area contributed by atoms with Gasteiger partial charge in [0.1, 0.15) is 23.1 Å². The van der Waals surface area contributed by atoms with E-state index in [0.29, 0.717) is 42.2 Å². The summed E-state index contributed by atoms with van der Waals surface area (Å²) in [6.45, 7) is 10.9. The highest BCUT2D eigenvalue weighted by atomic mass is 32.2. The molecular weight excluding hydrogens is 927 g/mol. The van der Waals surface area contributed by atoms with Gasteiger partial charge in [0.25, 0.3) is 5.69 Å². The fourth-order valence-corrected chi connectivity index (χ4v) is 11.4. The van der Waals surface area contributed by atoms with Crippen molar-refractivity contribution < 1.29 is 39.0 Å². The lowest BCUT2D eigenvalue weighted by molar-refractivity contribution is -0.384. The smallest absolute Gasteiger partial charge is 0.269 e. The molecule has 2 N–H and O–H groups in total. The van der Waals surface area contributed by atoms with Crippen LogP contribution in [0.25, 0.3) is 16.8 Å². The SMILES string of the molecule is C=CCO[C@@]12Oc3ccc(OCCSc4ccccc4)cc3[C@H]3[C@H](CCCCO)[C@@H](CCCCO)C=C(C(=NOC(C)(C)C)C[C@@H]1N(Cc1cccc4ccccc14)C(=O)C=Cc1ccc([N+](=O)[O-])cc1)[C@H]32. The van der Waals surface area contributed by atoms with Crippen LogP contribution in [0.2, 0.25) is 0 Å². The first-order chi connectivity index (χ1) is 34.9. The number of fused-ring (bicyclic) bond motifs is 3. The summed E-state index contributed by atoms with van der Waals surface area (Å²) in [5.41, 5.74) is 3.45. The van der Waals surface area contributed by atoms with E-state index in [1.807, 2.05) is 80.3 Å². The second kappa shape index (κ2) is 24.0. The lowest BCUT2D eigenvalue weighted by atomic mass is 9.55. The standard InChI is InChI=1S/C59H67N3O9S/c1-5-34-69-59-54(61(40-44-19-15-18-42-16-9-10-22-48(42)44)55(65)31-26-41-24-27-45(28-25-41)62(66)67)39-52(60-71-58(2,3)4)50-37-43(17-11-13-32-63)49(23-12-14-33-64)56(57(50)59)51-38-46(29-30-53(51)70-59)68-35-36-72-47-20-7-6-8-21-47/h5-10,15-16,18-22,24-31,37-38,43,49,54,56-57,63-64H,1,11-14,17,23,32-36,39-40H2,2-4H3/t43-,49+,54-,56+,57+,59+/m0/s1. The van der Waals surface area contributed by atoms with E-state index < -0.39 is 28.3 Å². The van der Waals surface area contributed by atoms with Gasteiger partial charge in [-0.05, 0) is 134 Å². The van der Waals surface area contributed by atoms with Crippen molar-refractivity contribution >= 4 is 45.9 Å². The quantitative estimate of drug-likeness (QED) is 0.0161. The molecule has 1 fully saturated rings. The van der Waals surface area contributed by atoms with Crippen molar-refractivity contribution in [1.82, 2.24) is 4.90 Å². The number of amides is 1. The molecule has 378 valence electrons. The van der Waals surface area contributed by atoms with Gasteiger partial charge < -0.3 is 34.2 Å². The van der Waals surface area contributed by atoms with Gasteiger partial charge in [0.05, 0.1) is 29.8 Å². The van der Waals surface area contributed by atoms with Gasteiger partial charge in [0.15, 0.2) is 0 Å². The average Bonchev–Trinajstić information content (AvgIpc) is 3.38. The number of carbonyl (C=O) groups is 1. The molecule has 0 spiro atoms. The largest absolute Gasteiger partial charge is 0.493 e. The third kappa shape index (κ3) is 12.1. The molecule has 8 rings (SSSR count). The Morgan fingerprint density at radius 3 is 2.42 bits per heavy atom. The van der Waals surface area contributed by atoms with E-state index in [4.69, 9.17) is 24.2 Å². The molecule has 0 saturated heterocycles. The number of unbranched alkanes of at least 4 members (excludes halogenated alkanes) is 2. The molecule has 1 heterocycles. The van der Waals surface area contributed by atoms with Crippen molar-refractivity contribution in [1.29, 1.82) is 0 Å². The number of nitro groups is 1. The fourth-order valence-electron chi connectivity index (χ4n) is 10.7. The summed E-state index contributed by atoms with van der Waals surface area (Å²) in [7, 11) is 0. The Labute approximate surface area is 427 Å². The summed E-state index contributed by atoms with van der Waals surface area (Å²) in [5.74, 6) is -0.420. The van der Waals surface area contributed by atoms with Crippen LogP contribution in [0, 0.1) is 27.9 Å². The molecule has 6 atom stereocenters. The van der Waals surface area contributed by atoms with Crippen LogP contribution in [-0.2, 0) is 20.9 Å². The Morgan fingerprint density at radius 2 is 1.68 bits per heavy atom. The second-order valence-corrected chi connectivity index (χ2v) is 20.9. The van der Waals surface area contributed by atoms with Gasteiger partial charge in [-0.2, -0.15) is 0 Å². The van der Waals surface area contributed by atoms with Gasteiger partial charge in [-0.3, -0.25) is 14.9 Å². The van der Waals surface area contributed by atoms with Gasteiger partial charge in [-0.15, -0.1) is 18.3 Å². The van der Waals surface area contributed by atoms with Crippen molar-refractivity contribution in [2.24, 2.45) is 22.9 Å². The molecule has 0 bridgehead atoms. The molecule has 13 heteroatoms. The predicted octanol–water partition coefficient (Wildman–Crippen LogP) is 12.1. The van der Waals surface area contributed by atoms with E-state index >= 15 is 4.79 Å². The topological polar surface area (TPSA) is 153 Å². The highest BCUT2D eigenvalue weighted by Crippen LogP contribution is 2.62. The first kappa shape index (κ1) is 52.1. The number of thioether (sulfide) groups is 1. The molecule has 1 amide bonds. The van der Waals surface area contributed by atoms with Crippen molar-refractivity contribution in [2.45, 2.75) is 101 Å². The summed E-state index contributed by atoms with van der Waals surface area (Å²) < 4.78 is 21.4. The molecule has 72 heavy (non-hydrogen) atoms. The summed E-state index contributed by atoms with van der Waals surface area (Å²) >= 11 is 1.74. The molecule has 1 aliphatic heterocycles. The molecule has 1 saturated carbocycles. The number of non-ortho nitro benzene ring substituents is 1. The first-order valence-corrected chi connectivity index (χ1v) is 26.2. The fraction of sp³-hybridized carbons (Fsp3) is 0.390. The monoisotopic (exact) mass is 993 g/mol. The molecule has 12 nitrogen and oxygen atoms in total. The maximum atomic E-state index is 15.5. The van der Waals surface area contributed by atoms with Gasteiger partial charge in [0, 0.05) is 66.5 Å². The average molecular weight is 994 g/mol. The first-order valence-electron chi connectivity index (χ1n) is 25.2. The maximum Gasteiger partial charge on any atom is 0.269 e. The lowest BCUT2D eigenvalue weighted by Crippen LogP contribution is -2.70. The summed E-state index contributed by atoms with van der Waals surface area (Å²) in [4.78, 5) is 36.0. The number of aliphatic hydroxyl groups excluding tert-OH is 2. The van der Waals surface area contributed by atoms with Crippen molar-refractivity contribution in [3.05, 3.63) is 172 Å². The highest BCUT2D eigenvalue weighted by molar-refractivity contribution is 7.99. The molecule has 5 aromatic rings. The summed E-state index contributed by atoms with van der Waals surface area (Å²) in [6, 6.07) is 35.8. The molecular formula is C59H67N3O9S. The maximum absolute atomic E-state index is 15.5. The Balaban J connectivity index is 1.32. The molecule has 2 aliphatic carbocycles. The van der Waals surface area contributed by atoms with Crippen LogP contribution in [0.1, 0.15) is 88.3 Å². The van der Waals surface area contributed by atoms with Crippen LogP contribution in [0.5, 0.6) is 11.5 Å². The van der Waals surface area contributed by atoms with E-state index in [2.05, 4.69) is 49.1 Å². The van der Waals surface area contributed by atoms with E-state index in [0.717, 1.165) is 58.9 Å². The summed E-state index contributed by atoms with van der Waals surface area (Å²) in [5, 5.41) is 38.7. The number of hydrogen-bond donors (Lipinski definition) is 2. The van der Waals surface area contributed by atoms with E-state index in [9.17, 15) is 20.3 Å². The Kier molecular flexibility index (Phi) is 17.3. The molecule has 0 aromatic heterocycles. The Hall–Kier alpha value is -6.25. The number of ether oxygens (including phenoxy) is 3. The van der Waals surface area contributed by atoms with Crippen LogP contribution < -0.4 is 9.47 Å². The van der Waals surface area contributed by atoms with Crippen molar-refractivity contribution in [2.75, 3.05) is 32.2 Å². The number of hydrogen-bond acceptors (Lipinski definition) is 11. The van der Waals surface area contributed by atoms with E-state index in [-0.39, 0.29) is 62.1 Å². The zero-order chi connectivity index (χ0) is 50.7. The summed E-state index contributed by atoms with van der Waals surface area (Å²) in [6.07, 6.45) is 12.0. The van der Waals surface area contributed by atoms with E-state index in [1.54, 1.807) is 36.0 Å². The minimum absolute atomic E-state index is 0.0232. The van der Waals surface area contributed by atoms with Gasteiger partial charge in [-0.1, -0.05) is 90.8 Å². The normalized spacial score (nSPS) is 21.9. The number of nitrogens with zero attached hydrogens (tertiary/aromatic N) is 3. The highest BCUT2D eigenvalue weighted by Gasteiger charge is 2.65. The third-order valence-corrected chi connectivity index (χ3v) is 14.8. The van der Waals surface area contributed by atoms with Crippen LogP contribution in [-0.4, -0.2) is 81.3 Å². The van der Waals surface area contributed by atoms with Gasteiger partial charge in [-0.25, -0.2) is 0 Å². The minimum Gasteiger partial charge on any atom is -0.493 e. The minimum atomic E-state index is -1.50. The van der Waals surface area contributed by atoms with Crippen molar-refractivity contribution in [3.8, 4) is 11.5 Å².